The van der Waals surface area contributed by atoms with Crippen molar-refractivity contribution in [3.63, 3.8) is 0 Å². The molecule has 0 unspecified atom stereocenters. The summed E-state index contributed by atoms with van der Waals surface area (Å²) in [5.41, 5.74) is -0.456. The van der Waals surface area contributed by atoms with Crippen molar-refractivity contribution < 1.29 is 28.3 Å². The molecular weight excluding hydrogens is 447 g/mol. The zero-order valence-corrected chi connectivity index (χ0v) is 16.7. The number of halogens is 2. The van der Waals surface area contributed by atoms with Gasteiger partial charge >= 0.3 is 12.0 Å². The van der Waals surface area contributed by atoms with Crippen molar-refractivity contribution in [2.24, 2.45) is 0 Å². The molecule has 7 nitrogen and oxygen atoms in total. The van der Waals surface area contributed by atoms with Gasteiger partial charge in [-0.3, -0.25) is 19.7 Å². The predicted molar refractivity (Wildman–Crippen MR) is 105 cm³/mol. The average molecular weight is 461 g/mol. The maximum absolute atomic E-state index is 14.1. The number of imide groups is 2. The van der Waals surface area contributed by atoms with E-state index in [4.69, 9.17) is 4.74 Å². The fourth-order valence-electron chi connectivity index (χ4n) is 2.58. The summed E-state index contributed by atoms with van der Waals surface area (Å²) in [6, 6.07) is 8.79. The van der Waals surface area contributed by atoms with Gasteiger partial charge in [0.2, 0.25) is 0 Å². The fourth-order valence-corrected chi connectivity index (χ4v) is 2.96. The summed E-state index contributed by atoms with van der Waals surface area (Å²) in [7, 11) is 0. The molecule has 0 spiro atoms. The van der Waals surface area contributed by atoms with Gasteiger partial charge in [-0.1, -0.05) is 35.0 Å². The van der Waals surface area contributed by atoms with Crippen LogP contribution in [0.2, 0.25) is 0 Å². The highest BCUT2D eigenvalue weighted by Gasteiger charge is 2.38. The Balaban J connectivity index is 2.07. The van der Waals surface area contributed by atoms with Gasteiger partial charge in [0.05, 0.1) is 5.69 Å². The largest absolute Gasteiger partial charge is 0.426 e. The molecule has 2 aromatic carbocycles. The Hall–Kier alpha value is -3.33. The number of amides is 4. The van der Waals surface area contributed by atoms with Gasteiger partial charge < -0.3 is 4.74 Å². The SMILES string of the molecule is CCC(=O)Oc1ccc(Br)cc1/C=C1/C(=O)NC(=O)N(c2ccccc2F)C1=O. The lowest BCUT2D eigenvalue weighted by molar-refractivity contribution is -0.134. The number of ether oxygens (including phenoxy) is 1. The minimum Gasteiger partial charge on any atom is -0.426 e. The Morgan fingerprint density at radius 1 is 1.21 bits per heavy atom. The topological polar surface area (TPSA) is 92.8 Å². The van der Waals surface area contributed by atoms with Crippen LogP contribution in [0.25, 0.3) is 6.08 Å². The molecule has 148 valence electrons. The summed E-state index contributed by atoms with van der Waals surface area (Å²) in [5, 5.41) is 2.01. The van der Waals surface area contributed by atoms with E-state index in [0.29, 0.717) is 9.37 Å². The van der Waals surface area contributed by atoms with Crippen molar-refractivity contribution in [3.8, 4) is 5.75 Å². The molecule has 9 heteroatoms. The molecule has 1 aliphatic rings. The highest BCUT2D eigenvalue weighted by atomic mass is 79.9. The maximum atomic E-state index is 14.1. The van der Waals surface area contributed by atoms with E-state index in [2.05, 4.69) is 15.9 Å². The molecule has 0 aromatic heterocycles. The number of hydrogen-bond donors (Lipinski definition) is 1. The number of nitrogens with one attached hydrogen (secondary N) is 1. The van der Waals surface area contributed by atoms with Gasteiger partial charge in [0, 0.05) is 16.5 Å². The first-order valence-corrected chi connectivity index (χ1v) is 9.27. The number of esters is 1. The van der Waals surface area contributed by atoms with E-state index < -0.39 is 35.2 Å². The Morgan fingerprint density at radius 2 is 1.93 bits per heavy atom. The third-order valence-corrected chi connectivity index (χ3v) is 4.47. The molecule has 1 N–H and O–H groups in total. The quantitative estimate of drug-likeness (QED) is 0.325. The van der Waals surface area contributed by atoms with Gasteiger partial charge in [0.25, 0.3) is 11.8 Å². The van der Waals surface area contributed by atoms with E-state index in [0.717, 1.165) is 6.07 Å². The summed E-state index contributed by atoms with van der Waals surface area (Å²) < 4.78 is 20.0. The minimum absolute atomic E-state index is 0.126. The summed E-state index contributed by atoms with van der Waals surface area (Å²) >= 11 is 3.27. The molecule has 4 amide bonds. The second-order valence-electron chi connectivity index (χ2n) is 5.92. The van der Waals surface area contributed by atoms with Crippen LogP contribution in [0.3, 0.4) is 0 Å². The van der Waals surface area contributed by atoms with E-state index >= 15 is 0 Å². The highest BCUT2D eigenvalue weighted by Crippen LogP contribution is 2.29. The van der Waals surface area contributed by atoms with Crippen LogP contribution in [0, 0.1) is 5.82 Å². The summed E-state index contributed by atoms with van der Waals surface area (Å²) in [6.45, 7) is 1.62. The molecule has 29 heavy (non-hydrogen) atoms. The first kappa shape index (κ1) is 20.4. The minimum atomic E-state index is -1.06. The summed E-state index contributed by atoms with van der Waals surface area (Å²) in [4.78, 5) is 49.5. The fraction of sp³-hybridized carbons (Fsp3) is 0.100. The van der Waals surface area contributed by atoms with Crippen LogP contribution in [0.4, 0.5) is 14.9 Å². The van der Waals surface area contributed by atoms with Crippen molar-refractivity contribution in [2.45, 2.75) is 13.3 Å². The molecule has 3 rings (SSSR count). The van der Waals surface area contributed by atoms with Gasteiger partial charge in [-0.15, -0.1) is 0 Å². The Labute approximate surface area is 173 Å². The lowest BCUT2D eigenvalue weighted by Crippen LogP contribution is -2.54. The molecule has 0 aliphatic carbocycles. The van der Waals surface area contributed by atoms with Crippen molar-refractivity contribution >= 4 is 51.5 Å². The molecule has 0 radical (unpaired) electrons. The molecule has 0 saturated carbocycles. The molecule has 0 atom stereocenters. The van der Waals surface area contributed by atoms with Crippen LogP contribution in [0.15, 0.2) is 52.5 Å². The highest BCUT2D eigenvalue weighted by molar-refractivity contribution is 9.10. The number of carbonyl (C=O) groups is 4. The number of benzene rings is 2. The number of rotatable bonds is 4. The second kappa shape index (κ2) is 8.36. The van der Waals surface area contributed by atoms with E-state index in [1.165, 1.54) is 36.4 Å². The van der Waals surface area contributed by atoms with Crippen LogP contribution in [0.1, 0.15) is 18.9 Å². The van der Waals surface area contributed by atoms with Gasteiger partial charge in [0.15, 0.2) is 0 Å². The zero-order valence-electron chi connectivity index (χ0n) is 15.1. The van der Waals surface area contributed by atoms with Gasteiger partial charge in [-0.05, 0) is 36.4 Å². The third kappa shape index (κ3) is 4.24. The molecule has 1 saturated heterocycles. The van der Waals surface area contributed by atoms with Crippen LogP contribution < -0.4 is 15.0 Å². The van der Waals surface area contributed by atoms with E-state index in [-0.39, 0.29) is 23.4 Å². The van der Waals surface area contributed by atoms with Gasteiger partial charge in [-0.25, -0.2) is 14.1 Å². The van der Waals surface area contributed by atoms with Gasteiger partial charge in [-0.2, -0.15) is 0 Å². The van der Waals surface area contributed by atoms with Crippen molar-refractivity contribution in [2.75, 3.05) is 4.90 Å². The lowest BCUT2D eigenvalue weighted by atomic mass is 10.1. The molecule has 1 heterocycles. The van der Waals surface area contributed by atoms with E-state index in [9.17, 15) is 23.6 Å². The average Bonchev–Trinajstić information content (AvgIpc) is 2.68. The first-order valence-electron chi connectivity index (χ1n) is 8.48. The van der Waals surface area contributed by atoms with Crippen LogP contribution in [0.5, 0.6) is 5.75 Å². The smallest absolute Gasteiger partial charge is 0.336 e. The Kier molecular flexibility index (Phi) is 5.88. The number of urea groups is 1. The van der Waals surface area contributed by atoms with Gasteiger partial charge in [0.1, 0.15) is 17.1 Å². The molecule has 0 bridgehead atoms. The first-order chi connectivity index (χ1) is 13.8. The van der Waals surface area contributed by atoms with Crippen LogP contribution in [-0.2, 0) is 14.4 Å². The maximum Gasteiger partial charge on any atom is 0.336 e. The number of anilines is 1. The Bertz CT molecular complexity index is 1070. The molecule has 1 fully saturated rings. The number of nitrogens with zero attached hydrogens (tertiary/aromatic N) is 1. The number of carbonyl (C=O) groups excluding carboxylic acids is 4. The summed E-state index contributed by atoms with van der Waals surface area (Å²) in [6.07, 6.45) is 1.31. The lowest BCUT2D eigenvalue weighted by Gasteiger charge is -2.26. The predicted octanol–water partition coefficient (Wildman–Crippen LogP) is 3.57. The Morgan fingerprint density at radius 3 is 2.62 bits per heavy atom. The number of para-hydroxylation sites is 1. The van der Waals surface area contributed by atoms with Crippen molar-refractivity contribution in [1.82, 2.24) is 5.32 Å². The zero-order chi connectivity index (χ0) is 21.1. The monoisotopic (exact) mass is 460 g/mol. The van der Waals surface area contributed by atoms with Crippen molar-refractivity contribution in [3.05, 3.63) is 63.9 Å². The number of barbiturate groups is 1. The van der Waals surface area contributed by atoms with Crippen LogP contribution in [-0.4, -0.2) is 23.8 Å². The van der Waals surface area contributed by atoms with Crippen LogP contribution >= 0.6 is 15.9 Å². The summed E-state index contributed by atoms with van der Waals surface area (Å²) in [5.74, 6) is -3.13. The number of hydrogen-bond acceptors (Lipinski definition) is 5. The normalized spacial score (nSPS) is 15.5. The van der Waals surface area contributed by atoms with Crippen molar-refractivity contribution in [1.29, 1.82) is 0 Å². The molecule has 2 aromatic rings. The molecule has 1 aliphatic heterocycles. The second-order valence-corrected chi connectivity index (χ2v) is 6.83. The van der Waals surface area contributed by atoms with E-state index in [1.807, 2.05) is 5.32 Å². The standard InChI is InChI=1S/C20H14BrFN2O5/c1-2-17(25)29-16-8-7-12(21)9-11(16)10-13-18(26)23-20(28)24(19(13)27)15-6-4-3-5-14(15)22/h3-10H,2H2,1H3,(H,23,26,28)/b13-10-. The molecular formula is C20H14BrFN2O5. The third-order valence-electron chi connectivity index (χ3n) is 3.98. The van der Waals surface area contributed by atoms with E-state index in [1.54, 1.807) is 13.0 Å².